The van der Waals surface area contributed by atoms with Crippen LogP contribution in [0.15, 0.2) is 0 Å². The van der Waals surface area contributed by atoms with Crippen molar-refractivity contribution in [2.75, 3.05) is 14.1 Å². The summed E-state index contributed by atoms with van der Waals surface area (Å²) in [4.78, 5) is 0. The molecule has 0 aromatic carbocycles. The van der Waals surface area contributed by atoms with E-state index in [1.54, 1.807) is 0 Å². The topological polar surface area (TPSA) is 3.24 Å². The van der Waals surface area contributed by atoms with Crippen molar-refractivity contribution in [3.05, 3.63) is 0 Å². The van der Waals surface area contributed by atoms with Gasteiger partial charge in [0.25, 0.3) is 0 Å². The minimum atomic E-state index is -2.00. The standard InChI is InChI=1S/C5H13Cl2NSi/c1-4-5-9(6,7)8(2)3/h4-5H2,1-3H3. The van der Waals surface area contributed by atoms with Crippen LogP contribution in [0, 0.1) is 0 Å². The van der Waals surface area contributed by atoms with Gasteiger partial charge in [-0.25, -0.2) is 0 Å². The maximum atomic E-state index is 6.00. The van der Waals surface area contributed by atoms with E-state index in [0.29, 0.717) is 0 Å². The number of nitrogens with zero attached hydrogens (tertiary/aromatic N) is 1. The van der Waals surface area contributed by atoms with Gasteiger partial charge in [-0.3, -0.25) is 0 Å². The third kappa shape index (κ3) is 3.46. The molecule has 0 saturated carbocycles. The second-order valence-electron chi connectivity index (χ2n) is 2.31. The van der Waals surface area contributed by atoms with Crippen LogP contribution in [0.25, 0.3) is 0 Å². The normalized spacial score (nSPS) is 12.7. The fourth-order valence-corrected chi connectivity index (χ4v) is 2.71. The Hall–Kier alpha value is 0.757. The molecule has 0 bridgehead atoms. The van der Waals surface area contributed by atoms with E-state index in [1.807, 2.05) is 18.7 Å². The van der Waals surface area contributed by atoms with Crippen molar-refractivity contribution in [2.45, 2.75) is 19.4 Å². The molecule has 0 aromatic heterocycles. The highest BCUT2D eigenvalue weighted by molar-refractivity contribution is 7.44. The minimum Gasteiger partial charge on any atom is -0.306 e. The summed E-state index contributed by atoms with van der Waals surface area (Å²) in [6.45, 7) is 0.0904. The van der Waals surface area contributed by atoms with E-state index >= 15 is 0 Å². The summed E-state index contributed by atoms with van der Waals surface area (Å²) in [5, 5.41) is 0. The van der Waals surface area contributed by atoms with E-state index in [2.05, 4.69) is 6.92 Å². The Morgan fingerprint density at radius 2 is 1.78 bits per heavy atom. The monoisotopic (exact) mass is 185 g/mol. The highest BCUT2D eigenvalue weighted by atomic mass is 35.7. The summed E-state index contributed by atoms with van der Waals surface area (Å²) in [6.07, 6.45) is 1.07. The predicted molar refractivity (Wildman–Crippen MR) is 46.2 cm³/mol. The van der Waals surface area contributed by atoms with Gasteiger partial charge in [-0.15, -0.1) is 22.2 Å². The molecule has 0 rings (SSSR count). The molecule has 0 N–H and O–H groups in total. The van der Waals surface area contributed by atoms with Crippen molar-refractivity contribution < 1.29 is 0 Å². The van der Waals surface area contributed by atoms with Gasteiger partial charge in [0.15, 0.2) is 0 Å². The second-order valence-corrected chi connectivity index (χ2v) is 9.37. The van der Waals surface area contributed by atoms with E-state index in [0.717, 1.165) is 12.5 Å². The van der Waals surface area contributed by atoms with E-state index in [4.69, 9.17) is 22.2 Å². The van der Waals surface area contributed by atoms with Gasteiger partial charge < -0.3 is 4.57 Å². The third-order valence-corrected chi connectivity index (χ3v) is 6.78. The highest BCUT2D eigenvalue weighted by Crippen LogP contribution is 2.23. The third-order valence-electron chi connectivity index (χ3n) is 1.21. The maximum absolute atomic E-state index is 6.00. The number of hydrogen-bond donors (Lipinski definition) is 0. The molecule has 56 valence electrons. The first-order chi connectivity index (χ1) is 4.00. The first-order valence-electron chi connectivity index (χ1n) is 3.06. The van der Waals surface area contributed by atoms with Crippen LogP contribution in [0.3, 0.4) is 0 Å². The molecule has 0 radical (unpaired) electrons. The Balaban J connectivity index is 3.70. The summed E-state index contributed by atoms with van der Waals surface area (Å²) in [5.41, 5.74) is 0. The molecular formula is C5H13Cl2NSi. The van der Waals surface area contributed by atoms with Gasteiger partial charge in [0.05, 0.1) is 0 Å². The Morgan fingerprint density at radius 1 is 1.33 bits per heavy atom. The molecule has 0 heterocycles. The van der Waals surface area contributed by atoms with Gasteiger partial charge in [-0.2, -0.15) is 0 Å². The van der Waals surface area contributed by atoms with Crippen molar-refractivity contribution in [3.8, 4) is 0 Å². The summed E-state index contributed by atoms with van der Waals surface area (Å²) < 4.78 is 1.94. The minimum absolute atomic E-state index is 0.948. The zero-order chi connectivity index (χ0) is 7.49. The fraction of sp³-hybridized carbons (Fsp3) is 1.00. The lowest BCUT2D eigenvalue weighted by Crippen LogP contribution is -2.38. The Bertz CT molecular complexity index is 85.0. The molecule has 0 fully saturated rings. The summed E-state index contributed by atoms with van der Waals surface area (Å²) in [6, 6.07) is 0.948. The molecule has 0 amide bonds. The van der Waals surface area contributed by atoms with Crippen molar-refractivity contribution in [1.82, 2.24) is 4.57 Å². The van der Waals surface area contributed by atoms with Gasteiger partial charge in [-0.1, -0.05) is 13.3 Å². The lowest BCUT2D eigenvalue weighted by atomic mass is 10.6. The highest BCUT2D eigenvalue weighted by Gasteiger charge is 2.29. The van der Waals surface area contributed by atoms with Crippen molar-refractivity contribution in [3.63, 3.8) is 0 Å². The molecule has 0 unspecified atom stereocenters. The van der Waals surface area contributed by atoms with Crippen LogP contribution in [-0.2, 0) is 0 Å². The van der Waals surface area contributed by atoms with Gasteiger partial charge >= 0.3 is 6.86 Å². The van der Waals surface area contributed by atoms with Crippen LogP contribution < -0.4 is 0 Å². The molecule has 0 aliphatic carbocycles. The lowest BCUT2D eigenvalue weighted by Gasteiger charge is -2.23. The van der Waals surface area contributed by atoms with Gasteiger partial charge in [-0.05, 0) is 20.1 Å². The van der Waals surface area contributed by atoms with E-state index < -0.39 is 6.86 Å². The first kappa shape index (κ1) is 9.76. The van der Waals surface area contributed by atoms with Crippen LogP contribution in [0.2, 0.25) is 6.04 Å². The quantitative estimate of drug-likeness (QED) is 0.483. The van der Waals surface area contributed by atoms with Crippen LogP contribution in [0.4, 0.5) is 0 Å². The van der Waals surface area contributed by atoms with Gasteiger partial charge in [0, 0.05) is 0 Å². The summed E-state index contributed by atoms with van der Waals surface area (Å²) in [7, 11) is 3.86. The van der Waals surface area contributed by atoms with E-state index in [-0.39, 0.29) is 0 Å². The molecule has 9 heavy (non-hydrogen) atoms. The SMILES string of the molecule is CCC[Si](Cl)(Cl)N(C)C. The molecule has 0 saturated heterocycles. The molecule has 1 nitrogen and oxygen atoms in total. The average molecular weight is 186 g/mol. The number of rotatable bonds is 3. The molecule has 0 aliphatic heterocycles. The van der Waals surface area contributed by atoms with Crippen molar-refractivity contribution in [2.24, 2.45) is 0 Å². The molecule has 0 atom stereocenters. The lowest BCUT2D eigenvalue weighted by molar-refractivity contribution is 0.641. The summed E-state index contributed by atoms with van der Waals surface area (Å²) >= 11 is 12.0. The molecular weight excluding hydrogens is 173 g/mol. The zero-order valence-electron chi connectivity index (χ0n) is 6.12. The van der Waals surface area contributed by atoms with Crippen molar-refractivity contribution in [1.29, 1.82) is 0 Å². The largest absolute Gasteiger partial charge is 0.324 e. The van der Waals surface area contributed by atoms with Crippen LogP contribution in [0.5, 0.6) is 0 Å². The van der Waals surface area contributed by atoms with Crippen molar-refractivity contribution >= 4 is 29.0 Å². The molecule has 0 aliphatic rings. The van der Waals surface area contributed by atoms with E-state index in [9.17, 15) is 0 Å². The second kappa shape index (κ2) is 3.81. The molecule has 4 heteroatoms. The summed E-state index contributed by atoms with van der Waals surface area (Å²) in [5.74, 6) is 0. The number of halogens is 2. The Kier molecular flexibility index (Phi) is 4.13. The Labute approximate surface area is 67.4 Å². The Morgan fingerprint density at radius 3 is 1.89 bits per heavy atom. The first-order valence-corrected chi connectivity index (χ1v) is 7.23. The molecule has 0 aromatic rings. The fourth-order valence-electron chi connectivity index (χ4n) is 0.524. The zero-order valence-corrected chi connectivity index (χ0v) is 8.63. The van der Waals surface area contributed by atoms with Crippen LogP contribution in [0.1, 0.15) is 13.3 Å². The van der Waals surface area contributed by atoms with Crippen LogP contribution in [-0.4, -0.2) is 25.5 Å². The van der Waals surface area contributed by atoms with E-state index in [1.165, 1.54) is 0 Å². The van der Waals surface area contributed by atoms with Crippen LogP contribution >= 0.6 is 22.2 Å². The number of hydrogen-bond acceptors (Lipinski definition) is 1. The molecule has 0 spiro atoms. The smallest absolute Gasteiger partial charge is 0.306 e. The van der Waals surface area contributed by atoms with Gasteiger partial charge in [0.2, 0.25) is 0 Å². The predicted octanol–water partition coefficient (Wildman–Crippen LogP) is 2.37. The average Bonchev–Trinajstić information content (AvgIpc) is 1.65. The maximum Gasteiger partial charge on any atom is 0.324 e. The van der Waals surface area contributed by atoms with Gasteiger partial charge in [0.1, 0.15) is 0 Å².